The Bertz CT molecular complexity index is 1020. The fourth-order valence-electron chi connectivity index (χ4n) is 4.10. The standard InChI is InChI=1S/C23H32N6O3/c1-15(2)28-9-7-18-11-20(26-29(18)14-21(28)30)25-19-10-17-13-27(8-6-16(17)12-24-19)22(31)32-23(3,4)5/h10-12,15H,6-9,13-14H2,1-5H3,(H,24,25,26). The Morgan fingerprint density at radius 1 is 1.09 bits per heavy atom. The number of rotatable bonds is 3. The van der Waals surface area contributed by atoms with E-state index < -0.39 is 5.60 Å². The minimum atomic E-state index is -0.519. The van der Waals surface area contributed by atoms with E-state index in [4.69, 9.17) is 4.74 Å². The van der Waals surface area contributed by atoms with E-state index in [0.717, 1.165) is 29.7 Å². The van der Waals surface area contributed by atoms with Crippen LogP contribution in [-0.4, -0.2) is 61.3 Å². The van der Waals surface area contributed by atoms with Crippen LogP contribution in [0.1, 0.15) is 51.4 Å². The first-order valence-corrected chi connectivity index (χ1v) is 11.2. The van der Waals surface area contributed by atoms with Gasteiger partial charge in [-0.05, 0) is 58.2 Å². The van der Waals surface area contributed by atoms with Crippen LogP contribution in [0.5, 0.6) is 0 Å². The van der Waals surface area contributed by atoms with Gasteiger partial charge < -0.3 is 19.9 Å². The molecule has 0 aromatic carbocycles. The molecule has 2 amide bonds. The molecule has 4 heterocycles. The quantitative estimate of drug-likeness (QED) is 0.788. The number of nitrogens with zero attached hydrogens (tertiary/aromatic N) is 5. The van der Waals surface area contributed by atoms with Gasteiger partial charge in [0.2, 0.25) is 5.91 Å². The van der Waals surface area contributed by atoms with Gasteiger partial charge in [-0.2, -0.15) is 5.10 Å². The molecule has 2 aromatic heterocycles. The van der Waals surface area contributed by atoms with Crippen LogP contribution in [0, 0.1) is 0 Å². The molecule has 1 N–H and O–H groups in total. The van der Waals surface area contributed by atoms with Gasteiger partial charge in [-0.25, -0.2) is 9.78 Å². The minimum absolute atomic E-state index is 0.0857. The predicted octanol–water partition coefficient (Wildman–Crippen LogP) is 3.11. The average Bonchev–Trinajstić information content (AvgIpc) is 2.99. The first-order valence-electron chi connectivity index (χ1n) is 11.2. The molecule has 0 radical (unpaired) electrons. The maximum atomic E-state index is 12.5. The predicted molar refractivity (Wildman–Crippen MR) is 121 cm³/mol. The highest BCUT2D eigenvalue weighted by atomic mass is 16.6. The van der Waals surface area contributed by atoms with Crippen molar-refractivity contribution in [2.75, 3.05) is 18.4 Å². The summed E-state index contributed by atoms with van der Waals surface area (Å²) in [4.78, 5) is 33.1. The summed E-state index contributed by atoms with van der Waals surface area (Å²) >= 11 is 0. The Morgan fingerprint density at radius 2 is 1.88 bits per heavy atom. The second-order valence-electron chi connectivity index (χ2n) is 9.72. The van der Waals surface area contributed by atoms with E-state index in [-0.39, 0.29) is 24.6 Å². The Labute approximate surface area is 188 Å². The highest BCUT2D eigenvalue weighted by molar-refractivity contribution is 5.77. The van der Waals surface area contributed by atoms with Crippen LogP contribution in [0.25, 0.3) is 0 Å². The van der Waals surface area contributed by atoms with Crippen LogP contribution in [0.15, 0.2) is 18.3 Å². The summed E-state index contributed by atoms with van der Waals surface area (Å²) in [6.07, 6.45) is 3.07. The highest BCUT2D eigenvalue weighted by Gasteiger charge is 2.27. The number of ether oxygens (including phenoxy) is 1. The van der Waals surface area contributed by atoms with Gasteiger partial charge in [0.1, 0.15) is 18.0 Å². The lowest BCUT2D eigenvalue weighted by atomic mass is 10.0. The summed E-state index contributed by atoms with van der Waals surface area (Å²) in [5.41, 5.74) is 2.69. The molecule has 32 heavy (non-hydrogen) atoms. The summed E-state index contributed by atoms with van der Waals surface area (Å²) in [6.45, 7) is 11.7. The van der Waals surface area contributed by atoms with Crippen LogP contribution >= 0.6 is 0 Å². The van der Waals surface area contributed by atoms with E-state index in [2.05, 4.69) is 15.4 Å². The van der Waals surface area contributed by atoms with Gasteiger partial charge in [0.25, 0.3) is 0 Å². The van der Waals surface area contributed by atoms with E-state index >= 15 is 0 Å². The van der Waals surface area contributed by atoms with Crippen molar-refractivity contribution in [3.8, 4) is 0 Å². The number of amides is 2. The third-order valence-corrected chi connectivity index (χ3v) is 5.70. The molecule has 0 saturated carbocycles. The number of fused-ring (bicyclic) bond motifs is 2. The zero-order valence-electron chi connectivity index (χ0n) is 19.5. The second-order valence-corrected chi connectivity index (χ2v) is 9.72. The molecule has 0 spiro atoms. The highest BCUT2D eigenvalue weighted by Crippen LogP contribution is 2.25. The van der Waals surface area contributed by atoms with Gasteiger partial charge in [-0.15, -0.1) is 0 Å². The van der Waals surface area contributed by atoms with Crippen molar-refractivity contribution in [1.82, 2.24) is 24.6 Å². The number of pyridine rings is 1. The molecule has 0 bridgehead atoms. The summed E-state index contributed by atoms with van der Waals surface area (Å²) in [7, 11) is 0. The van der Waals surface area contributed by atoms with Gasteiger partial charge in [-0.3, -0.25) is 9.48 Å². The smallest absolute Gasteiger partial charge is 0.410 e. The molecule has 2 aliphatic heterocycles. The lowest BCUT2D eigenvalue weighted by Crippen LogP contribution is -2.39. The van der Waals surface area contributed by atoms with E-state index in [1.54, 1.807) is 9.58 Å². The summed E-state index contributed by atoms with van der Waals surface area (Å²) in [6, 6.07) is 4.12. The van der Waals surface area contributed by atoms with Gasteiger partial charge >= 0.3 is 6.09 Å². The Morgan fingerprint density at radius 3 is 2.59 bits per heavy atom. The van der Waals surface area contributed by atoms with Gasteiger partial charge in [0, 0.05) is 50.1 Å². The monoisotopic (exact) mass is 440 g/mol. The van der Waals surface area contributed by atoms with E-state index in [1.807, 2.05) is 57.8 Å². The maximum Gasteiger partial charge on any atom is 0.410 e. The topological polar surface area (TPSA) is 92.6 Å². The van der Waals surface area contributed by atoms with Crippen molar-refractivity contribution in [2.45, 2.75) is 72.2 Å². The minimum Gasteiger partial charge on any atom is -0.444 e. The maximum absolute atomic E-state index is 12.5. The number of carbonyl (C=O) groups excluding carboxylic acids is 2. The second kappa shape index (κ2) is 8.44. The molecular weight excluding hydrogens is 408 g/mol. The largest absolute Gasteiger partial charge is 0.444 e. The SMILES string of the molecule is CC(C)N1CCc2cc(Nc3cc4c(cn3)CCN(C(=O)OC(C)(C)C)C4)nn2CC1=O. The van der Waals surface area contributed by atoms with E-state index in [9.17, 15) is 9.59 Å². The zero-order chi connectivity index (χ0) is 23.0. The zero-order valence-corrected chi connectivity index (χ0v) is 19.5. The molecular formula is C23H32N6O3. The fraction of sp³-hybridized carbons (Fsp3) is 0.565. The molecule has 0 saturated heterocycles. The summed E-state index contributed by atoms with van der Waals surface area (Å²) in [5.74, 6) is 1.42. The first-order chi connectivity index (χ1) is 15.1. The molecule has 0 aliphatic carbocycles. The Balaban J connectivity index is 1.46. The van der Waals surface area contributed by atoms with E-state index in [0.29, 0.717) is 31.3 Å². The number of nitrogens with one attached hydrogen (secondary N) is 1. The number of anilines is 2. The third-order valence-electron chi connectivity index (χ3n) is 5.70. The van der Waals surface area contributed by atoms with Gasteiger partial charge in [-0.1, -0.05) is 0 Å². The van der Waals surface area contributed by atoms with Crippen LogP contribution < -0.4 is 5.32 Å². The van der Waals surface area contributed by atoms with Crippen LogP contribution in [0.4, 0.5) is 16.4 Å². The van der Waals surface area contributed by atoms with Crippen LogP contribution in [0.2, 0.25) is 0 Å². The normalized spacial score (nSPS) is 16.5. The number of carbonyl (C=O) groups is 2. The van der Waals surface area contributed by atoms with Crippen molar-refractivity contribution in [3.63, 3.8) is 0 Å². The third kappa shape index (κ3) is 4.87. The lowest BCUT2D eigenvalue weighted by Gasteiger charge is -2.31. The fourth-order valence-corrected chi connectivity index (χ4v) is 4.10. The molecule has 9 heteroatoms. The Hall–Kier alpha value is -3.10. The van der Waals surface area contributed by atoms with Gasteiger partial charge in [0.05, 0.1) is 0 Å². The number of hydrogen-bond acceptors (Lipinski definition) is 6. The van der Waals surface area contributed by atoms with Crippen molar-refractivity contribution in [1.29, 1.82) is 0 Å². The van der Waals surface area contributed by atoms with Crippen molar-refractivity contribution < 1.29 is 14.3 Å². The van der Waals surface area contributed by atoms with Crippen molar-refractivity contribution >= 4 is 23.6 Å². The summed E-state index contributed by atoms with van der Waals surface area (Å²) in [5, 5.41) is 7.84. The molecule has 0 atom stereocenters. The van der Waals surface area contributed by atoms with Crippen molar-refractivity contribution in [3.05, 3.63) is 35.2 Å². The lowest BCUT2D eigenvalue weighted by molar-refractivity contribution is -0.133. The van der Waals surface area contributed by atoms with Crippen LogP contribution in [0.3, 0.4) is 0 Å². The molecule has 4 rings (SSSR count). The Kier molecular flexibility index (Phi) is 5.83. The van der Waals surface area contributed by atoms with Crippen molar-refractivity contribution in [2.24, 2.45) is 0 Å². The molecule has 9 nitrogen and oxygen atoms in total. The first kappa shape index (κ1) is 22.1. The molecule has 172 valence electrons. The molecule has 0 unspecified atom stereocenters. The van der Waals surface area contributed by atoms with Crippen LogP contribution in [-0.2, 0) is 35.5 Å². The molecule has 0 fully saturated rings. The summed E-state index contributed by atoms with van der Waals surface area (Å²) < 4.78 is 7.29. The average molecular weight is 441 g/mol. The molecule has 2 aromatic rings. The van der Waals surface area contributed by atoms with E-state index in [1.165, 1.54) is 0 Å². The van der Waals surface area contributed by atoms with Gasteiger partial charge in [0.15, 0.2) is 5.82 Å². The molecule has 2 aliphatic rings. The number of hydrogen-bond donors (Lipinski definition) is 1. The number of aromatic nitrogens is 3.